The van der Waals surface area contributed by atoms with Gasteiger partial charge in [-0.25, -0.2) is 0 Å². The molecule has 0 N–H and O–H groups in total. The molecule has 19 unspecified atom stereocenters. The molecule has 0 aliphatic heterocycles. The van der Waals surface area contributed by atoms with Gasteiger partial charge in [-0.2, -0.15) is 0 Å². The Labute approximate surface area is 322 Å². The zero-order valence-electron chi connectivity index (χ0n) is 31.6. The van der Waals surface area contributed by atoms with E-state index in [0.717, 1.165) is 41.9 Å². The summed E-state index contributed by atoms with van der Waals surface area (Å²) in [5.74, 6) is 11.2. The summed E-state index contributed by atoms with van der Waals surface area (Å²) < 4.78 is 0. The average Bonchev–Trinajstić information content (AvgIpc) is 3.92. The van der Waals surface area contributed by atoms with E-state index in [1.165, 1.54) is 68.1 Å². The normalized spacial score (nSPS) is 47.8. The molecule has 9 aliphatic carbocycles. The van der Waals surface area contributed by atoms with Crippen molar-refractivity contribution in [3.63, 3.8) is 0 Å². The second kappa shape index (κ2) is 12.5. The number of fused-ring (bicyclic) bond motifs is 9. The molecule has 0 radical (unpaired) electrons. The Morgan fingerprint density at radius 1 is 0.407 bits per heavy atom. The highest BCUT2D eigenvalue weighted by molar-refractivity contribution is 5.95. The molecule has 9 aliphatic rings. The Hall–Kier alpha value is -3.52. The van der Waals surface area contributed by atoms with Gasteiger partial charge in [-0.05, 0) is 150 Å². The maximum absolute atomic E-state index is 15.0. The fourth-order valence-corrected chi connectivity index (χ4v) is 17.6. The van der Waals surface area contributed by atoms with Crippen LogP contribution in [0, 0.1) is 94.7 Å². The molecule has 276 valence electrons. The van der Waals surface area contributed by atoms with Crippen LogP contribution in [0.4, 0.5) is 0 Å². The maximum Gasteiger partial charge on any atom is 0.148 e. The van der Waals surface area contributed by atoms with Crippen LogP contribution in [-0.4, -0.2) is 11.6 Å². The van der Waals surface area contributed by atoms with Gasteiger partial charge < -0.3 is 0 Å². The second-order valence-corrected chi connectivity index (χ2v) is 19.8. The Kier molecular flexibility index (Phi) is 7.56. The fraction of sp³-hybridized carbons (Fsp3) is 0.538. The lowest BCUT2D eigenvalue weighted by Gasteiger charge is -2.59. The van der Waals surface area contributed by atoms with Gasteiger partial charge in [0, 0.05) is 23.7 Å². The lowest BCUT2D eigenvalue weighted by atomic mass is 9.46. The number of carbonyl (C=O) groups excluding carboxylic acids is 2. The zero-order chi connectivity index (χ0) is 35.7. The van der Waals surface area contributed by atoms with E-state index in [1.54, 1.807) is 0 Å². The summed E-state index contributed by atoms with van der Waals surface area (Å²) in [6.07, 6.45) is 21.1. The van der Waals surface area contributed by atoms with E-state index < -0.39 is 0 Å². The molecule has 0 amide bonds. The Morgan fingerprint density at radius 2 is 0.852 bits per heavy atom. The molecule has 2 heteroatoms. The van der Waals surface area contributed by atoms with Crippen molar-refractivity contribution in [2.45, 2.75) is 75.5 Å². The first-order valence-corrected chi connectivity index (χ1v) is 22.2. The van der Waals surface area contributed by atoms with Crippen molar-refractivity contribution >= 4 is 11.6 Å². The summed E-state index contributed by atoms with van der Waals surface area (Å²) in [6, 6.07) is 33.1. The Bertz CT molecular complexity index is 1980. The second-order valence-electron chi connectivity index (χ2n) is 19.8. The molecule has 8 saturated carbocycles. The van der Waals surface area contributed by atoms with Crippen LogP contribution in [0.3, 0.4) is 0 Å². The van der Waals surface area contributed by atoms with Crippen molar-refractivity contribution in [2.24, 2.45) is 94.7 Å². The minimum Gasteiger partial charge on any atom is -0.299 e. The molecule has 0 bridgehead atoms. The number of rotatable bonds is 4. The molecule has 8 fully saturated rings. The first-order valence-electron chi connectivity index (χ1n) is 22.2. The molecule has 0 heterocycles. The summed E-state index contributed by atoms with van der Waals surface area (Å²) in [5, 5.41) is 0. The number of Topliss-reactive ketones (excluding diaryl/α,β-unsaturated/α-hetero) is 2. The number of allylic oxidation sites excluding steroid dienone is 4. The van der Waals surface area contributed by atoms with Gasteiger partial charge in [0.25, 0.3) is 0 Å². The molecule has 12 rings (SSSR count). The quantitative estimate of drug-likeness (QED) is 0.270. The number of benzene rings is 3. The lowest BCUT2D eigenvalue weighted by Crippen LogP contribution is -2.53. The van der Waals surface area contributed by atoms with Crippen molar-refractivity contribution in [1.29, 1.82) is 0 Å². The molecule has 3 aromatic rings. The lowest BCUT2D eigenvalue weighted by molar-refractivity contribution is -0.130. The average molecular weight is 713 g/mol. The van der Waals surface area contributed by atoms with Crippen molar-refractivity contribution in [3.8, 4) is 0 Å². The number of ketones is 2. The Morgan fingerprint density at radius 3 is 1.35 bits per heavy atom. The third-order valence-electron chi connectivity index (χ3n) is 18.5. The molecule has 54 heavy (non-hydrogen) atoms. The minimum atomic E-state index is 0.0338. The molecule has 2 nitrogen and oxygen atoms in total. The summed E-state index contributed by atoms with van der Waals surface area (Å²) in [5.41, 5.74) is 3.86. The predicted molar refractivity (Wildman–Crippen MR) is 213 cm³/mol. The van der Waals surface area contributed by atoms with Crippen LogP contribution in [0.1, 0.15) is 92.2 Å². The van der Waals surface area contributed by atoms with Crippen molar-refractivity contribution in [2.75, 3.05) is 0 Å². The third kappa shape index (κ3) is 4.46. The first-order chi connectivity index (χ1) is 26.7. The monoisotopic (exact) mass is 712 g/mol. The smallest absolute Gasteiger partial charge is 0.148 e. The van der Waals surface area contributed by atoms with Crippen molar-refractivity contribution < 1.29 is 9.59 Å². The summed E-state index contributed by atoms with van der Waals surface area (Å²) in [6.45, 7) is 0. The molecule has 0 saturated heterocycles. The molecular weight excluding hydrogens is 657 g/mol. The van der Waals surface area contributed by atoms with Gasteiger partial charge in [0.05, 0.1) is 0 Å². The van der Waals surface area contributed by atoms with Crippen LogP contribution in [-0.2, 0) is 9.59 Å². The number of hydrogen-bond donors (Lipinski definition) is 0. The molecule has 0 aromatic heterocycles. The molecule has 19 atom stereocenters. The van der Waals surface area contributed by atoms with Crippen molar-refractivity contribution in [1.82, 2.24) is 0 Å². The van der Waals surface area contributed by atoms with E-state index >= 15 is 4.79 Å². The van der Waals surface area contributed by atoms with Gasteiger partial charge in [-0.15, -0.1) is 0 Å². The van der Waals surface area contributed by atoms with Crippen LogP contribution >= 0.6 is 0 Å². The zero-order valence-corrected chi connectivity index (χ0v) is 31.6. The summed E-state index contributed by atoms with van der Waals surface area (Å²) in [4.78, 5) is 30.0. The van der Waals surface area contributed by atoms with Crippen LogP contribution in [0.15, 0.2) is 115 Å². The van der Waals surface area contributed by atoms with E-state index in [4.69, 9.17) is 0 Å². The largest absolute Gasteiger partial charge is 0.299 e. The first kappa shape index (κ1) is 32.7. The van der Waals surface area contributed by atoms with Gasteiger partial charge in [-0.3, -0.25) is 9.59 Å². The van der Waals surface area contributed by atoms with Gasteiger partial charge in [0.2, 0.25) is 0 Å². The topological polar surface area (TPSA) is 34.1 Å². The van der Waals surface area contributed by atoms with Gasteiger partial charge >= 0.3 is 0 Å². The van der Waals surface area contributed by atoms with Crippen molar-refractivity contribution in [3.05, 3.63) is 132 Å². The van der Waals surface area contributed by atoms with Crippen LogP contribution < -0.4 is 0 Å². The van der Waals surface area contributed by atoms with Gasteiger partial charge in [0.1, 0.15) is 11.6 Å². The van der Waals surface area contributed by atoms with Crippen LogP contribution in [0.25, 0.3) is 0 Å². The standard InChI is InChI=1S/C52H56O2/c53-51-41(29-15-5-1-6-16-29)47-35-25-13-23-33-38-28-40-46-34(37(38)27-39(45(33)35)49(47)43(51)31-19-9-3-10-20-31)24-14-26-36(46)48-42(30-17-7-2-8-18-30)52(54)44(50(40)48)32-21-11-4-12-22-32/h1-12,15-21,32-50H,13-14,22-28H2. The number of carbonyl (C=O) groups is 2. The number of hydrogen-bond acceptors (Lipinski definition) is 2. The predicted octanol–water partition coefficient (Wildman–Crippen LogP) is 11.1. The molecule has 3 aromatic carbocycles. The maximum atomic E-state index is 15.0. The fourth-order valence-electron chi connectivity index (χ4n) is 17.6. The Balaban J connectivity index is 0.955. The molecular formula is C52H56O2. The summed E-state index contributed by atoms with van der Waals surface area (Å²) in [7, 11) is 0. The highest BCUT2D eigenvalue weighted by atomic mass is 16.1. The summed E-state index contributed by atoms with van der Waals surface area (Å²) >= 11 is 0. The van der Waals surface area contributed by atoms with E-state index in [1.807, 2.05) is 0 Å². The SMILES string of the molecule is O=C1C(c2ccccc2)C2C3CCCC4C5CC6C7C(CCCC7C7C(c8ccccc8)C(=O)C(C8C=CC=CC8)C67)C5CC(C43)C2C1c1ccccc1. The van der Waals surface area contributed by atoms with Crippen LogP contribution in [0.2, 0.25) is 0 Å². The minimum absolute atomic E-state index is 0.0338. The van der Waals surface area contributed by atoms with Gasteiger partial charge in [-0.1, -0.05) is 128 Å². The van der Waals surface area contributed by atoms with E-state index in [2.05, 4.69) is 115 Å². The highest BCUT2D eigenvalue weighted by Gasteiger charge is 2.72. The highest BCUT2D eigenvalue weighted by Crippen LogP contribution is 2.76. The van der Waals surface area contributed by atoms with Crippen LogP contribution in [0.5, 0.6) is 0 Å². The molecule has 0 spiro atoms. The van der Waals surface area contributed by atoms with E-state index in [0.29, 0.717) is 64.8 Å². The third-order valence-corrected chi connectivity index (χ3v) is 18.5. The van der Waals surface area contributed by atoms with E-state index in [-0.39, 0.29) is 23.7 Å². The van der Waals surface area contributed by atoms with E-state index in [9.17, 15) is 4.79 Å². The van der Waals surface area contributed by atoms with Gasteiger partial charge in [0.15, 0.2) is 0 Å².